The van der Waals surface area contributed by atoms with Crippen LogP contribution in [0.3, 0.4) is 0 Å². The van der Waals surface area contributed by atoms with Crippen molar-refractivity contribution < 1.29 is 4.79 Å². The van der Waals surface area contributed by atoms with E-state index in [0.29, 0.717) is 19.5 Å². The summed E-state index contributed by atoms with van der Waals surface area (Å²) in [5.74, 6) is 0.138. The summed E-state index contributed by atoms with van der Waals surface area (Å²) >= 11 is 2.26. The van der Waals surface area contributed by atoms with Gasteiger partial charge in [-0.25, -0.2) is 0 Å². The van der Waals surface area contributed by atoms with Crippen LogP contribution in [-0.2, 0) is 11.2 Å². The van der Waals surface area contributed by atoms with Crippen LogP contribution in [0.4, 0.5) is 0 Å². The minimum Gasteiger partial charge on any atom is -0.345 e. The third-order valence-corrected chi connectivity index (χ3v) is 3.56. The molecular formula is C14H22ClIN2O. The highest BCUT2D eigenvalue weighted by molar-refractivity contribution is 14.1. The SMILES string of the molecule is CN(CC(C)(C)CN)C(=O)Cc1cccc(I)c1.Cl. The molecule has 108 valence electrons. The summed E-state index contributed by atoms with van der Waals surface area (Å²) in [6.45, 7) is 5.41. The van der Waals surface area contributed by atoms with Gasteiger partial charge in [-0.05, 0) is 52.2 Å². The van der Waals surface area contributed by atoms with Gasteiger partial charge in [-0.1, -0.05) is 26.0 Å². The fourth-order valence-corrected chi connectivity index (χ4v) is 2.36. The first-order valence-electron chi connectivity index (χ1n) is 6.02. The summed E-state index contributed by atoms with van der Waals surface area (Å²) in [5, 5.41) is 0. The molecular weight excluding hydrogens is 375 g/mol. The molecule has 0 saturated heterocycles. The lowest BCUT2D eigenvalue weighted by Crippen LogP contribution is -2.40. The fraction of sp³-hybridized carbons (Fsp3) is 0.500. The molecule has 0 saturated carbocycles. The van der Waals surface area contributed by atoms with Crippen LogP contribution in [0.25, 0.3) is 0 Å². The zero-order valence-corrected chi connectivity index (χ0v) is 14.6. The van der Waals surface area contributed by atoms with Crippen LogP contribution in [-0.4, -0.2) is 30.9 Å². The Balaban J connectivity index is 0.00000324. The fourth-order valence-electron chi connectivity index (χ4n) is 1.75. The third kappa shape index (κ3) is 6.58. The summed E-state index contributed by atoms with van der Waals surface area (Å²) in [7, 11) is 1.84. The Labute approximate surface area is 135 Å². The first-order valence-corrected chi connectivity index (χ1v) is 7.10. The number of rotatable bonds is 5. The zero-order valence-electron chi connectivity index (χ0n) is 11.6. The van der Waals surface area contributed by atoms with Gasteiger partial charge >= 0.3 is 0 Å². The lowest BCUT2D eigenvalue weighted by Gasteiger charge is -2.29. The van der Waals surface area contributed by atoms with Gasteiger partial charge < -0.3 is 10.6 Å². The van der Waals surface area contributed by atoms with Gasteiger partial charge in [0.15, 0.2) is 0 Å². The van der Waals surface area contributed by atoms with Crippen LogP contribution in [0.2, 0.25) is 0 Å². The molecule has 2 N–H and O–H groups in total. The molecule has 0 fully saturated rings. The van der Waals surface area contributed by atoms with Crippen LogP contribution in [0.5, 0.6) is 0 Å². The number of hydrogen-bond acceptors (Lipinski definition) is 2. The Morgan fingerprint density at radius 2 is 2.05 bits per heavy atom. The van der Waals surface area contributed by atoms with Crippen molar-refractivity contribution in [2.75, 3.05) is 20.1 Å². The van der Waals surface area contributed by atoms with Crippen molar-refractivity contribution in [3.8, 4) is 0 Å². The molecule has 0 spiro atoms. The first kappa shape index (κ1) is 18.7. The molecule has 19 heavy (non-hydrogen) atoms. The van der Waals surface area contributed by atoms with Crippen LogP contribution in [0.1, 0.15) is 19.4 Å². The molecule has 3 nitrogen and oxygen atoms in total. The van der Waals surface area contributed by atoms with E-state index in [1.54, 1.807) is 4.90 Å². The summed E-state index contributed by atoms with van der Waals surface area (Å²) in [4.78, 5) is 13.9. The second kappa shape index (κ2) is 8.07. The van der Waals surface area contributed by atoms with Gasteiger partial charge in [0.25, 0.3) is 0 Å². The van der Waals surface area contributed by atoms with Gasteiger partial charge in [-0.2, -0.15) is 0 Å². The number of likely N-dealkylation sites (N-methyl/N-ethyl adjacent to an activating group) is 1. The topological polar surface area (TPSA) is 46.3 Å². The van der Waals surface area contributed by atoms with Crippen LogP contribution in [0.15, 0.2) is 24.3 Å². The molecule has 1 amide bonds. The average Bonchev–Trinajstić information content (AvgIpc) is 2.28. The number of benzene rings is 1. The van der Waals surface area contributed by atoms with Crippen LogP contribution < -0.4 is 5.73 Å². The van der Waals surface area contributed by atoms with E-state index in [0.717, 1.165) is 9.13 Å². The van der Waals surface area contributed by atoms with E-state index < -0.39 is 0 Å². The molecule has 1 rings (SSSR count). The van der Waals surface area contributed by atoms with Gasteiger partial charge in [0.05, 0.1) is 6.42 Å². The number of carbonyl (C=O) groups excluding carboxylic acids is 1. The number of carbonyl (C=O) groups is 1. The summed E-state index contributed by atoms with van der Waals surface area (Å²) in [6.07, 6.45) is 0.452. The predicted molar refractivity (Wildman–Crippen MR) is 90.6 cm³/mol. The average molecular weight is 397 g/mol. The van der Waals surface area contributed by atoms with Crippen molar-refractivity contribution in [2.24, 2.45) is 11.1 Å². The minimum absolute atomic E-state index is 0. The third-order valence-electron chi connectivity index (χ3n) is 2.89. The monoisotopic (exact) mass is 396 g/mol. The molecule has 0 bridgehead atoms. The van der Waals surface area contributed by atoms with E-state index in [9.17, 15) is 4.79 Å². The molecule has 0 radical (unpaired) electrons. The number of hydrogen-bond donors (Lipinski definition) is 1. The Kier molecular flexibility index (Phi) is 7.93. The molecule has 0 unspecified atom stereocenters. The minimum atomic E-state index is -0.0322. The smallest absolute Gasteiger partial charge is 0.226 e. The van der Waals surface area contributed by atoms with Crippen molar-refractivity contribution >= 4 is 40.9 Å². The van der Waals surface area contributed by atoms with E-state index >= 15 is 0 Å². The zero-order chi connectivity index (χ0) is 13.8. The highest BCUT2D eigenvalue weighted by atomic mass is 127. The van der Waals surface area contributed by atoms with E-state index in [2.05, 4.69) is 36.4 Å². The maximum atomic E-state index is 12.1. The summed E-state index contributed by atoms with van der Waals surface area (Å²) in [6, 6.07) is 8.03. The molecule has 0 aromatic heterocycles. The molecule has 0 heterocycles. The summed E-state index contributed by atoms with van der Waals surface area (Å²) < 4.78 is 1.16. The van der Waals surface area contributed by atoms with Crippen molar-refractivity contribution in [3.63, 3.8) is 0 Å². The number of halogens is 2. The van der Waals surface area contributed by atoms with Crippen molar-refractivity contribution in [2.45, 2.75) is 20.3 Å². The van der Waals surface area contributed by atoms with Crippen molar-refractivity contribution in [1.29, 1.82) is 0 Å². The Morgan fingerprint density at radius 1 is 1.42 bits per heavy atom. The normalized spacial score (nSPS) is 10.8. The predicted octanol–water partition coefficient (Wildman–Crippen LogP) is 2.70. The Morgan fingerprint density at radius 3 is 2.58 bits per heavy atom. The first-order chi connectivity index (χ1) is 8.34. The van der Waals surface area contributed by atoms with E-state index in [4.69, 9.17) is 5.73 Å². The Hall–Kier alpha value is -0.330. The van der Waals surface area contributed by atoms with Gasteiger partial charge in [-0.15, -0.1) is 12.4 Å². The number of nitrogens with zero attached hydrogens (tertiary/aromatic N) is 1. The highest BCUT2D eigenvalue weighted by Gasteiger charge is 2.21. The highest BCUT2D eigenvalue weighted by Crippen LogP contribution is 2.15. The van der Waals surface area contributed by atoms with Gasteiger partial charge in [-0.3, -0.25) is 4.79 Å². The second-order valence-electron chi connectivity index (χ2n) is 5.42. The lowest BCUT2D eigenvalue weighted by molar-refractivity contribution is -0.130. The standard InChI is InChI=1S/C14H21IN2O.ClH/c1-14(2,9-16)10-17(3)13(18)8-11-5-4-6-12(15)7-11;/h4-7H,8-10,16H2,1-3H3;1H. The van der Waals surface area contributed by atoms with Crippen molar-refractivity contribution in [3.05, 3.63) is 33.4 Å². The van der Waals surface area contributed by atoms with E-state index in [1.165, 1.54) is 0 Å². The summed E-state index contributed by atoms with van der Waals surface area (Å²) in [5.41, 5.74) is 6.72. The van der Waals surface area contributed by atoms with Gasteiger partial charge in [0, 0.05) is 17.2 Å². The maximum absolute atomic E-state index is 12.1. The molecule has 5 heteroatoms. The largest absolute Gasteiger partial charge is 0.345 e. The second-order valence-corrected chi connectivity index (χ2v) is 6.67. The molecule has 0 aliphatic heterocycles. The molecule has 1 aromatic carbocycles. The quantitative estimate of drug-likeness (QED) is 0.778. The molecule has 0 atom stereocenters. The van der Waals surface area contributed by atoms with Crippen molar-refractivity contribution in [1.82, 2.24) is 4.90 Å². The molecule has 0 aliphatic rings. The number of nitrogens with two attached hydrogens (primary N) is 1. The van der Waals surface area contributed by atoms with Gasteiger partial charge in [0.1, 0.15) is 0 Å². The maximum Gasteiger partial charge on any atom is 0.226 e. The Bertz CT molecular complexity index is 424. The lowest BCUT2D eigenvalue weighted by atomic mass is 9.93. The number of amides is 1. The van der Waals surface area contributed by atoms with Gasteiger partial charge in [0.2, 0.25) is 5.91 Å². The molecule has 1 aromatic rings. The van der Waals surface area contributed by atoms with E-state index in [-0.39, 0.29) is 23.7 Å². The van der Waals surface area contributed by atoms with Crippen LogP contribution in [0, 0.1) is 8.99 Å². The van der Waals surface area contributed by atoms with E-state index in [1.807, 2.05) is 31.3 Å². The van der Waals surface area contributed by atoms with Crippen LogP contribution >= 0.6 is 35.0 Å². The molecule has 0 aliphatic carbocycles.